The van der Waals surface area contributed by atoms with Gasteiger partial charge < -0.3 is 20.4 Å². The third-order valence-corrected chi connectivity index (χ3v) is 1.29. The summed E-state index contributed by atoms with van der Waals surface area (Å²) in [6, 6.07) is 0. The first-order valence-electron chi connectivity index (χ1n) is 3.17. The first kappa shape index (κ1) is 20.7. The van der Waals surface area contributed by atoms with Crippen molar-refractivity contribution in [3.8, 4) is 0 Å². The summed E-state index contributed by atoms with van der Waals surface area (Å²) in [4.78, 5) is 30.5. The Balaban J connectivity index is -0.000000720. The Bertz CT molecular complexity index is 236. The van der Waals surface area contributed by atoms with E-state index in [-0.39, 0.29) is 59.1 Å². The average Bonchev–Trinajstić information content (AvgIpc) is 1.82. The summed E-state index contributed by atoms with van der Waals surface area (Å²) in [5.74, 6) is -5.02. The summed E-state index contributed by atoms with van der Waals surface area (Å²) in [5, 5.41) is 33.8. The summed E-state index contributed by atoms with van der Waals surface area (Å²) in [7, 11) is 0. The molecule has 0 aromatic rings. The van der Waals surface area contributed by atoms with Crippen LogP contribution in [0.1, 0.15) is 12.8 Å². The van der Waals surface area contributed by atoms with E-state index < -0.39 is 36.4 Å². The van der Waals surface area contributed by atoms with Gasteiger partial charge in [-0.2, -0.15) is 0 Å². The van der Waals surface area contributed by atoms with Crippen LogP contribution in [0.25, 0.3) is 0 Å². The van der Waals surface area contributed by atoms with Gasteiger partial charge in [0.05, 0.1) is 12.8 Å². The van der Waals surface area contributed by atoms with Crippen LogP contribution in [-0.2, 0) is 14.4 Å². The second-order valence-corrected chi connectivity index (χ2v) is 2.48. The zero-order valence-corrected chi connectivity index (χ0v) is 12.4. The van der Waals surface area contributed by atoms with Crippen LogP contribution >= 0.6 is 0 Å². The summed E-state index contributed by atoms with van der Waals surface area (Å²) < 4.78 is 0. The Morgan fingerprint density at radius 3 is 1.27 bits per heavy atom. The predicted molar refractivity (Wildman–Crippen MR) is 48.6 cm³/mol. The van der Waals surface area contributed by atoms with Crippen molar-refractivity contribution in [2.24, 2.45) is 0 Å². The van der Waals surface area contributed by atoms with Crippen molar-refractivity contribution in [3.63, 3.8) is 0 Å². The van der Waals surface area contributed by atoms with Gasteiger partial charge in [0.15, 0.2) is 5.60 Å². The van der Waals surface area contributed by atoms with E-state index in [1.54, 1.807) is 0 Å². The number of rotatable bonds is 5. The molecule has 4 N–H and O–H groups in total. The molecule has 0 heterocycles. The summed E-state index contributed by atoms with van der Waals surface area (Å²) in [6.07, 6.45) is -2.29. The molecule has 0 saturated carbocycles. The van der Waals surface area contributed by atoms with E-state index in [0.29, 0.717) is 0 Å². The van der Waals surface area contributed by atoms with Crippen LogP contribution in [0, 0.1) is 0 Å². The largest absolute Gasteiger partial charge is 0.481 e. The minimum Gasteiger partial charge on any atom is -0.481 e. The molecule has 0 fully saturated rings. The Kier molecular flexibility index (Phi) is 11.8. The fourth-order valence-corrected chi connectivity index (χ4v) is 0.714. The summed E-state index contributed by atoms with van der Waals surface area (Å²) in [6.45, 7) is 0. The zero-order chi connectivity index (χ0) is 10.6. The van der Waals surface area contributed by atoms with Gasteiger partial charge in [0.1, 0.15) is 0 Å². The van der Waals surface area contributed by atoms with Gasteiger partial charge in [-0.15, -0.1) is 0 Å². The van der Waals surface area contributed by atoms with Crippen molar-refractivity contribution >= 4 is 77.0 Å². The summed E-state index contributed by atoms with van der Waals surface area (Å²) >= 11 is 0. The molecule has 0 rings (SSSR count). The maximum absolute atomic E-state index is 10.3. The molecule has 0 unspecified atom stereocenters. The standard InChI is InChI=1S/C6H8O7.2Na/c7-3(8)1-6(13,5(11)12)2-4(9)10;;/h13H,1-2H2,(H,7,8)(H,9,10)(H,11,12);;. The third kappa shape index (κ3) is 8.21. The van der Waals surface area contributed by atoms with Crippen molar-refractivity contribution in [1.82, 2.24) is 0 Å². The molecule has 0 aliphatic rings. The molecule has 0 amide bonds. The Labute approximate surface area is 129 Å². The molecule has 0 aromatic heterocycles. The second kappa shape index (κ2) is 8.51. The first-order valence-corrected chi connectivity index (χ1v) is 3.17. The van der Waals surface area contributed by atoms with Gasteiger partial charge in [0, 0.05) is 59.1 Å². The summed E-state index contributed by atoms with van der Waals surface area (Å²) in [5.41, 5.74) is -2.74. The quantitative estimate of drug-likeness (QED) is 0.407. The van der Waals surface area contributed by atoms with E-state index in [9.17, 15) is 14.4 Å². The van der Waals surface area contributed by atoms with Crippen LogP contribution in [0.5, 0.6) is 0 Å². The van der Waals surface area contributed by atoms with Crippen molar-refractivity contribution in [3.05, 3.63) is 0 Å². The van der Waals surface area contributed by atoms with Gasteiger partial charge in [-0.3, -0.25) is 9.59 Å². The third-order valence-electron chi connectivity index (χ3n) is 1.29. The first-order chi connectivity index (χ1) is 5.78. The molecule has 0 spiro atoms. The molecule has 9 heteroatoms. The van der Waals surface area contributed by atoms with Gasteiger partial charge in [0.2, 0.25) is 0 Å². The number of aliphatic carboxylic acids is 3. The molecule has 0 aliphatic carbocycles. The number of hydrogen-bond acceptors (Lipinski definition) is 4. The monoisotopic (exact) mass is 238 g/mol. The Morgan fingerprint density at radius 1 is 0.867 bits per heavy atom. The number of carboxylic acid groups (broad SMARTS) is 3. The molecule has 76 valence electrons. The maximum Gasteiger partial charge on any atom is 0.336 e. The van der Waals surface area contributed by atoms with E-state index in [1.807, 2.05) is 0 Å². The van der Waals surface area contributed by atoms with Gasteiger partial charge in [-0.25, -0.2) is 4.79 Å². The smallest absolute Gasteiger partial charge is 0.336 e. The van der Waals surface area contributed by atoms with Crippen molar-refractivity contribution in [1.29, 1.82) is 0 Å². The van der Waals surface area contributed by atoms with E-state index in [0.717, 1.165) is 0 Å². The molecular weight excluding hydrogens is 230 g/mol. The van der Waals surface area contributed by atoms with Crippen LogP contribution in [0.15, 0.2) is 0 Å². The second-order valence-electron chi connectivity index (χ2n) is 2.48. The number of carbonyl (C=O) groups is 3. The van der Waals surface area contributed by atoms with Gasteiger partial charge >= 0.3 is 17.9 Å². The van der Waals surface area contributed by atoms with Gasteiger partial charge in [-0.1, -0.05) is 0 Å². The van der Waals surface area contributed by atoms with E-state index in [2.05, 4.69) is 0 Å². The molecule has 15 heavy (non-hydrogen) atoms. The normalized spacial score (nSPS) is 9.40. The van der Waals surface area contributed by atoms with Crippen molar-refractivity contribution < 1.29 is 34.8 Å². The molecule has 0 aliphatic heterocycles. The Morgan fingerprint density at radius 2 is 1.13 bits per heavy atom. The number of hydrogen-bond donors (Lipinski definition) is 4. The van der Waals surface area contributed by atoms with Crippen LogP contribution < -0.4 is 0 Å². The van der Waals surface area contributed by atoms with E-state index in [4.69, 9.17) is 20.4 Å². The molecule has 0 saturated heterocycles. The van der Waals surface area contributed by atoms with Crippen LogP contribution in [0.4, 0.5) is 0 Å². The topological polar surface area (TPSA) is 132 Å². The SMILES string of the molecule is O=C(O)CC(O)(CC(=O)O)C(=O)O.[Na].[Na]. The van der Waals surface area contributed by atoms with E-state index >= 15 is 0 Å². The maximum atomic E-state index is 10.3. The van der Waals surface area contributed by atoms with E-state index in [1.165, 1.54) is 0 Å². The predicted octanol–water partition coefficient (Wildman–Crippen LogP) is -2.01. The fraction of sp³-hybridized carbons (Fsp3) is 0.500. The molecular formula is C6H8Na2O7. The van der Waals surface area contributed by atoms with Crippen LogP contribution in [0.3, 0.4) is 0 Å². The molecule has 2 radical (unpaired) electrons. The molecule has 0 aromatic carbocycles. The van der Waals surface area contributed by atoms with Crippen LogP contribution in [-0.4, -0.2) is 103 Å². The number of carboxylic acids is 3. The average molecular weight is 238 g/mol. The molecule has 7 nitrogen and oxygen atoms in total. The minimum atomic E-state index is -2.74. The van der Waals surface area contributed by atoms with Crippen molar-refractivity contribution in [2.75, 3.05) is 0 Å². The zero-order valence-electron chi connectivity index (χ0n) is 8.43. The van der Waals surface area contributed by atoms with Crippen molar-refractivity contribution in [2.45, 2.75) is 18.4 Å². The number of aliphatic hydroxyl groups is 1. The van der Waals surface area contributed by atoms with Gasteiger partial charge in [0.25, 0.3) is 0 Å². The molecule has 0 bridgehead atoms. The fourth-order valence-electron chi connectivity index (χ4n) is 0.714. The van der Waals surface area contributed by atoms with Crippen LogP contribution in [0.2, 0.25) is 0 Å². The molecule has 0 atom stereocenters. The minimum absolute atomic E-state index is 0. The van der Waals surface area contributed by atoms with Gasteiger partial charge in [-0.05, 0) is 0 Å². The Hall–Kier alpha value is 0.370.